The summed E-state index contributed by atoms with van der Waals surface area (Å²) < 4.78 is 1.09. The third-order valence-corrected chi connectivity index (χ3v) is 3.43. The lowest BCUT2D eigenvalue weighted by molar-refractivity contribution is 0.965. The van der Waals surface area contributed by atoms with Gasteiger partial charge in [0.05, 0.1) is 0 Å². The van der Waals surface area contributed by atoms with Crippen LogP contribution in [-0.4, -0.2) is 16.5 Å². The standard InChI is InChI=1S/C15H19BrN4/c1-4-5-17-13-8-14(19-9-18-13)20-15-10(2)6-12(16)7-11(15)3/h6-9H,4-5H2,1-3H3,(H2,17,18,19,20). The summed E-state index contributed by atoms with van der Waals surface area (Å²) in [6, 6.07) is 6.11. The van der Waals surface area contributed by atoms with Crippen LogP contribution in [0.3, 0.4) is 0 Å². The maximum Gasteiger partial charge on any atom is 0.135 e. The molecule has 0 bridgehead atoms. The van der Waals surface area contributed by atoms with Gasteiger partial charge in [-0.1, -0.05) is 22.9 Å². The zero-order chi connectivity index (χ0) is 14.5. The highest BCUT2D eigenvalue weighted by Crippen LogP contribution is 2.27. The van der Waals surface area contributed by atoms with Crippen LogP contribution in [0.5, 0.6) is 0 Å². The Bertz CT molecular complexity index is 575. The van der Waals surface area contributed by atoms with Crippen molar-refractivity contribution in [2.24, 2.45) is 0 Å². The lowest BCUT2D eigenvalue weighted by Crippen LogP contribution is -2.04. The summed E-state index contributed by atoms with van der Waals surface area (Å²) in [5.41, 5.74) is 3.45. The third-order valence-electron chi connectivity index (χ3n) is 2.97. The van der Waals surface area contributed by atoms with E-state index in [1.54, 1.807) is 6.33 Å². The molecule has 2 rings (SSSR count). The van der Waals surface area contributed by atoms with E-state index in [-0.39, 0.29) is 0 Å². The summed E-state index contributed by atoms with van der Waals surface area (Å²) in [5, 5.41) is 6.63. The largest absolute Gasteiger partial charge is 0.370 e. The number of nitrogens with zero attached hydrogens (tertiary/aromatic N) is 2. The molecule has 0 aliphatic heterocycles. The second kappa shape index (κ2) is 6.70. The van der Waals surface area contributed by atoms with Gasteiger partial charge in [0.1, 0.15) is 18.0 Å². The van der Waals surface area contributed by atoms with Crippen LogP contribution in [0.15, 0.2) is 29.0 Å². The van der Waals surface area contributed by atoms with E-state index in [0.717, 1.165) is 34.8 Å². The van der Waals surface area contributed by atoms with Crippen LogP contribution in [0.25, 0.3) is 0 Å². The van der Waals surface area contributed by atoms with E-state index in [2.05, 4.69) is 69.4 Å². The summed E-state index contributed by atoms with van der Waals surface area (Å²) >= 11 is 3.51. The summed E-state index contributed by atoms with van der Waals surface area (Å²) in [7, 11) is 0. The average Bonchev–Trinajstić information content (AvgIpc) is 2.41. The minimum atomic E-state index is 0.798. The van der Waals surface area contributed by atoms with Crippen LogP contribution in [0.2, 0.25) is 0 Å². The summed E-state index contributed by atoms with van der Waals surface area (Å²) in [4.78, 5) is 8.48. The number of halogens is 1. The number of aryl methyl sites for hydroxylation is 2. The van der Waals surface area contributed by atoms with Gasteiger partial charge in [0, 0.05) is 22.8 Å². The Balaban J connectivity index is 2.22. The fourth-order valence-electron chi connectivity index (χ4n) is 2.01. The van der Waals surface area contributed by atoms with Gasteiger partial charge in [-0.25, -0.2) is 9.97 Å². The van der Waals surface area contributed by atoms with E-state index >= 15 is 0 Å². The Morgan fingerprint density at radius 2 is 1.70 bits per heavy atom. The van der Waals surface area contributed by atoms with Gasteiger partial charge < -0.3 is 10.6 Å². The normalized spacial score (nSPS) is 10.4. The van der Waals surface area contributed by atoms with Crippen molar-refractivity contribution in [2.45, 2.75) is 27.2 Å². The Morgan fingerprint density at radius 1 is 1.05 bits per heavy atom. The second-order valence-corrected chi connectivity index (χ2v) is 5.67. The molecule has 0 fully saturated rings. The molecule has 20 heavy (non-hydrogen) atoms. The Morgan fingerprint density at radius 3 is 2.35 bits per heavy atom. The van der Waals surface area contributed by atoms with Gasteiger partial charge in [0.25, 0.3) is 0 Å². The third kappa shape index (κ3) is 3.70. The fourth-order valence-corrected chi connectivity index (χ4v) is 2.70. The van der Waals surface area contributed by atoms with Gasteiger partial charge >= 0.3 is 0 Å². The molecule has 2 N–H and O–H groups in total. The topological polar surface area (TPSA) is 49.8 Å². The monoisotopic (exact) mass is 334 g/mol. The van der Waals surface area contributed by atoms with Crippen LogP contribution in [0, 0.1) is 13.8 Å². The highest BCUT2D eigenvalue weighted by molar-refractivity contribution is 9.10. The first-order valence-electron chi connectivity index (χ1n) is 6.70. The molecule has 0 unspecified atom stereocenters. The number of anilines is 3. The number of hydrogen-bond acceptors (Lipinski definition) is 4. The van der Waals surface area contributed by atoms with E-state index in [1.165, 1.54) is 11.1 Å². The van der Waals surface area contributed by atoms with Crippen LogP contribution in [0.4, 0.5) is 17.3 Å². The minimum Gasteiger partial charge on any atom is -0.370 e. The maximum absolute atomic E-state index is 4.27. The Hall–Kier alpha value is -1.62. The fraction of sp³-hybridized carbons (Fsp3) is 0.333. The van der Waals surface area contributed by atoms with Crippen molar-refractivity contribution in [1.82, 2.24) is 9.97 Å². The molecule has 0 aliphatic rings. The predicted molar refractivity (Wildman–Crippen MR) is 87.7 cm³/mol. The average molecular weight is 335 g/mol. The molecular formula is C15H19BrN4. The van der Waals surface area contributed by atoms with Gasteiger partial charge in [-0.15, -0.1) is 0 Å². The quantitative estimate of drug-likeness (QED) is 0.849. The van der Waals surface area contributed by atoms with E-state index < -0.39 is 0 Å². The molecule has 1 heterocycles. The molecule has 0 amide bonds. The maximum atomic E-state index is 4.27. The molecular weight excluding hydrogens is 316 g/mol. The van der Waals surface area contributed by atoms with Crippen molar-refractivity contribution < 1.29 is 0 Å². The molecule has 0 aliphatic carbocycles. The lowest BCUT2D eigenvalue weighted by Gasteiger charge is -2.13. The molecule has 0 radical (unpaired) electrons. The molecule has 106 valence electrons. The van der Waals surface area contributed by atoms with E-state index in [9.17, 15) is 0 Å². The van der Waals surface area contributed by atoms with Gasteiger partial charge in [-0.2, -0.15) is 0 Å². The SMILES string of the molecule is CCCNc1cc(Nc2c(C)cc(Br)cc2C)ncn1. The molecule has 0 spiro atoms. The number of rotatable bonds is 5. The van der Waals surface area contributed by atoms with Crippen molar-refractivity contribution in [3.8, 4) is 0 Å². The summed E-state index contributed by atoms with van der Waals surface area (Å²) in [5.74, 6) is 1.64. The Labute approximate surface area is 128 Å². The zero-order valence-corrected chi connectivity index (χ0v) is 13.6. The van der Waals surface area contributed by atoms with Crippen molar-refractivity contribution in [3.63, 3.8) is 0 Å². The minimum absolute atomic E-state index is 0.798. The van der Waals surface area contributed by atoms with Crippen LogP contribution in [-0.2, 0) is 0 Å². The molecule has 0 atom stereocenters. The predicted octanol–water partition coefficient (Wildman–Crippen LogP) is 4.42. The molecule has 0 saturated carbocycles. The zero-order valence-electron chi connectivity index (χ0n) is 12.0. The van der Waals surface area contributed by atoms with Crippen molar-refractivity contribution >= 4 is 33.3 Å². The van der Waals surface area contributed by atoms with E-state index in [1.807, 2.05) is 6.07 Å². The highest BCUT2D eigenvalue weighted by Gasteiger charge is 2.06. The number of nitrogens with one attached hydrogen (secondary N) is 2. The second-order valence-electron chi connectivity index (χ2n) is 4.75. The van der Waals surface area contributed by atoms with Crippen molar-refractivity contribution in [2.75, 3.05) is 17.2 Å². The Kier molecular flexibility index (Phi) is 4.95. The lowest BCUT2D eigenvalue weighted by atomic mass is 10.1. The number of hydrogen-bond donors (Lipinski definition) is 2. The van der Waals surface area contributed by atoms with Crippen molar-refractivity contribution in [1.29, 1.82) is 0 Å². The first kappa shape index (κ1) is 14.8. The van der Waals surface area contributed by atoms with Gasteiger partial charge in [-0.05, 0) is 43.5 Å². The number of benzene rings is 1. The number of aromatic nitrogens is 2. The van der Waals surface area contributed by atoms with Crippen molar-refractivity contribution in [3.05, 3.63) is 40.1 Å². The first-order valence-corrected chi connectivity index (χ1v) is 7.49. The molecule has 5 heteroatoms. The highest BCUT2D eigenvalue weighted by atomic mass is 79.9. The van der Waals surface area contributed by atoms with Gasteiger partial charge in [-0.3, -0.25) is 0 Å². The molecule has 1 aromatic heterocycles. The molecule has 1 aromatic carbocycles. The van der Waals surface area contributed by atoms with E-state index in [0.29, 0.717) is 0 Å². The summed E-state index contributed by atoms with van der Waals surface area (Å²) in [6.07, 6.45) is 2.64. The molecule has 2 aromatic rings. The smallest absolute Gasteiger partial charge is 0.135 e. The van der Waals surface area contributed by atoms with Crippen LogP contribution in [0.1, 0.15) is 24.5 Å². The van der Waals surface area contributed by atoms with E-state index in [4.69, 9.17) is 0 Å². The van der Waals surface area contributed by atoms with Gasteiger partial charge in [0.2, 0.25) is 0 Å². The molecule has 0 saturated heterocycles. The summed E-state index contributed by atoms with van der Waals surface area (Å²) in [6.45, 7) is 7.20. The molecule has 4 nitrogen and oxygen atoms in total. The first-order chi connectivity index (χ1) is 9.60. The van der Waals surface area contributed by atoms with Crippen LogP contribution < -0.4 is 10.6 Å². The van der Waals surface area contributed by atoms with Crippen LogP contribution >= 0.6 is 15.9 Å². The van der Waals surface area contributed by atoms with Gasteiger partial charge in [0.15, 0.2) is 0 Å².